The van der Waals surface area contributed by atoms with Crippen molar-refractivity contribution in [2.45, 2.75) is 113 Å². The Morgan fingerprint density at radius 3 is 2.05 bits per heavy atom. The smallest absolute Gasteiger partial charge is 0.163 e. The predicted octanol–water partition coefficient (Wildman–Crippen LogP) is 11.3. The van der Waals surface area contributed by atoms with Gasteiger partial charge in [0.05, 0.1) is 23.4 Å². The number of unbranched alkanes of at least 4 members (excludes halogenated alkanes) is 4. The molecule has 0 aromatic heterocycles. The maximum atomic E-state index is 11.1. The van der Waals surface area contributed by atoms with Crippen molar-refractivity contribution in [3.8, 4) is 5.75 Å². The molecule has 6 heteroatoms. The van der Waals surface area contributed by atoms with Gasteiger partial charge in [-0.25, -0.2) is 0 Å². The van der Waals surface area contributed by atoms with Gasteiger partial charge in [-0.15, -0.1) is 0 Å². The topological polar surface area (TPSA) is 76.7 Å². The van der Waals surface area contributed by atoms with Crippen molar-refractivity contribution in [3.63, 3.8) is 0 Å². The number of nitrogen functional groups attached to an aromatic ring is 1. The Hall–Kier alpha value is -2.89. The van der Waals surface area contributed by atoms with Crippen LogP contribution in [0.15, 0.2) is 53.6 Å². The zero-order valence-corrected chi connectivity index (χ0v) is 29.8. The molecule has 0 aliphatic rings. The molecule has 0 heterocycles. The van der Waals surface area contributed by atoms with Crippen molar-refractivity contribution < 1.29 is 9.53 Å². The molecule has 0 radical (unpaired) electrons. The number of rotatable bonds is 12. The van der Waals surface area contributed by atoms with Crippen molar-refractivity contribution in [1.82, 2.24) is 0 Å². The number of nitrogens with one attached hydrogen (secondary N) is 1. The quantitative estimate of drug-likeness (QED) is 0.0820. The van der Waals surface area contributed by atoms with Gasteiger partial charge in [0.2, 0.25) is 0 Å². The number of carbonyl (C=O) groups excluding carboxylic acids is 1. The third kappa shape index (κ3) is 16.5. The van der Waals surface area contributed by atoms with Gasteiger partial charge in [0, 0.05) is 18.3 Å². The summed E-state index contributed by atoms with van der Waals surface area (Å²) < 4.78 is 5.13. The third-order valence-corrected chi connectivity index (χ3v) is 7.73. The number of nitrogens with two attached hydrogens (primary N) is 1. The van der Waals surface area contributed by atoms with Gasteiger partial charge in [-0.1, -0.05) is 109 Å². The molecule has 0 aliphatic heterocycles. The molecule has 0 saturated heterocycles. The summed E-state index contributed by atoms with van der Waals surface area (Å²) in [6, 6.07) is 9.64. The lowest BCUT2D eigenvalue weighted by molar-refractivity contribution is 0.101. The number of anilines is 1. The SMILES string of the molecule is C/C=C(/C)C(C)=NC.C=Cc1c(NN)ccc(C(C)CC)c1Cl.CCCCCCC.CCc1ccc(C(C)=O)c(OC)c1. The number of nitrogens with zero attached hydrogens (tertiary/aromatic N) is 1. The lowest BCUT2D eigenvalue weighted by Gasteiger charge is -2.15. The maximum absolute atomic E-state index is 11.1. The second kappa shape index (κ2) is 25.6. The zero-order chi connectivity index (χ0) is 33.4. The van der Waals surface area contributed by atoms with E-state index in [4.69, 9.17) is 22.2 Å². The number of hydrazine groups is 1. The number of aliphatic imine (C=N–C) groups is 1. The van der Waals surface area contributed by atoms with E-state index < -0.39 is 0 Å². The highest BCUT2D eigenvalue weighted by Crippen LogP contribution is 2.34. The number of Topliss-reactive ketones (excluding diaryl/α,β-unsaturated/α-hetero) is 1. The van der Waals surface area contributed by atoms with Crippen LogP contribution in [0.1, 0.15) is 134 Å². The Labute approximate surface area is 269 Å². The summed E-state index contributed by atoms with van der Waals surface area (Å²) in [6.45, 7) is 22.2. The molecule has 43 heavy (non-hydrogen) atoms. The molecule has 0 amide bonds. The normalized spacial score (nSPS) is 11.5. The van der Waals surface area contributed by atoms with Crippen LogP contribution in [0.25, 0.3) is 6.08 Å². The molecule has 1 unspecified atom stereocenters. The van der Waals surface area contributed by atoms with Crippen molar-refractivity contribution >= 4 is 34.9 Å². The van der Waals surface area contributed by atoms with Crippen molar-refractivity contribution in [3.05, 3.63) is 75.8 Å². The van der Waals surface area contributed by atoms with E-state index in [1.165, 1.54) is 43.2 Å². The van der Waals surface area contributed by atoms with Crippen molar-refractivity contribution in [1.29, 1.82) is 0 Å². The first kappa shape index (κ1) is 42.2. The second-order valence-corrected chi connectivity index (χ2v) is 10.8. The number of carbonyl (C=O) groups is 1. The minimum atomic E-state index is 0.0412. The number of halogens is 1. The number of hydrogen-bond acceptors (Lipinski definition) is 5. The summed E-state index contributed by atoms with van der Waals surface area (Å²) >= 11 is 6.30. The van der Waals surface area contributed by atoms with Crippen LogP contribution in [0, 0.1) is 0 Å². The van der Waals surface area contributed by atoms with Gasteiger partial charge in [0.15, 0.2) is 5.78 Å². The van der Waals surface area contributed by atoms with E-state index in [9.17, 15) is 4.79 Å². The maximum Gasteiger partial charge on any atom is 0.163 e. The van der Waals surface area contributed by atoms with Crippen LogP contribution < -0.4 is 16.0 Å². The van der Waals surface area contributed by atoms with Crippen LogP contribution in [0.4, 0.5) is 5.69 Å². The highest BCUT2D eigenvalue weighted by atomic mass is 35.5. The van der Waals surface area contributed by atoms with Gasteiger partial charge in [-0.3, -0.25) is 15.6 Å². The third-order valence-electron chi connectivity index (χ3n) is 7.31. The number of ether oxygens (including phenoxy) is 1. The standard InChI is InChI=1S/C12H17ClN2.C11H14O2.C7H13N.C7H16/c1-4-8(3)10-6-7-11(15-14)9(5-2)12(10)13;1-4-9-5-6-10(8(2)12)11(7-9)13-3;1-5-6(2)7(3)8-4;1-3-5-7-6-4-2/h5-8,15H,2,4,14H2,1,3H3;5-7H,4H2,1-3H3;5H,1-4H3;3-7H2,1-2H3/b;;6-5-,8-7?;. The van der Waals surface area contributed by atoms with E-state index in [1.54, 1.807) is 20.1 Å². The average molecular weight is 614 g/mol. The molecule has 242 valence electrons. The van der Waals surface area contributed by atoms with Crippen LogP contribution >= 0.6 is 11.6 Å². The predicted molar refractivity (Wildman–Crippen MR) is 193 cm³/mol. The van der Waals surface area contributed by atoms with Gasteiger partial charge < -0.3 is 10.2 Å². The molecule has 3 N–H and O–H groups in total. The van der Waals surface area contributed by atoms with E-state index in [0.717, 1.165) is 40.4 Å². The molecule has 0 bridgehead atoms. The summed E-state index contributed by atoms with van der Waals surface area (Å²) in [5.41, 5.74) is 9.65. The number of allylic oxidation sites excluding steroid dienone is 2. The van der Waals surface area contributed by atoms with Crippen molar-refractivity contribution in [2.75, 3.05) is 19.6 Å². The largest absolute Gasteiger partial charge is 0.496 e. The van der Waals surface area contributed by atoms with Crippen LogP contribution in [0.3, 0.4) is 0 Å². The molecule has 0 aliphatic carbocycles. The fourth-order valence-electron chi connectivity index (χ4n) is 3.84. The molecular weight excluding hydrogens is 554 g/mol. The van der Waals surface area contributed by atoms with Crippen molar-refractivity contribution in [2.24, 2.45) is 10.8 Å². The summed E-state index contributed by atoms with van der Waals surface area (Å²) in [7, 11) is 3.39. The summed E-state index contributed by atoms with van der Waals surface area (Å²) in [6.07, 6.45) is 12.8. The second-order valence-electron chi connectivity index (χ2n) is 10.4. The Bertz CT molecular complexity index is 1120. The Kier molecular flexibility index (Phi) is 25.1. The van der Waals surface area contributed by atoms with E-state index in [0.29, 0.717) is 17.2 Å². The van der Waals surface area contributed by atoms with Crippen LogP contribution in [-0.4, -0.2) is 25.7 Å². The first-order valence-electron chi connectivity index (χ1n) is 15.6. The van der Waals surface area contributed by atoms with E-state index in [1.807, 2.05) is 51.2 Å². The lowest BCUT2D eigenvalue weighted by Crippen LogP contribution is -2.09. The monoisotopic (exact) mass is 613 g/mol. The minimum absolute atomic E-state index is 0.0412. The first-order chi connectivity index (χ1) is 20.5. The van der Waals surface area contributed by atoms with Crippen LogP contribution in [-0.2, 0) is 6.42 Å². The van der Waals surface area contributed by atoms with E-state index in [-0.39, 0.29) is 5.78 Å². The van der Waals surface area contributed by atoms with E-state index >= 15 is 0 Å². The van der Waals surface area contributed by atoms with Gasteiger partial charge >= 0.3 is 0 Å². The van der Waals surface area contributed by atoms with Crippen LogP contribution in [0.5, 0.6) is 5.75 Å². The zero-order valence-electron chi connectivity index (χ0n) is 29.0. The Morgan fingerprint density at radius 2 is 1.67 bits per heavy atom. The fourth-order valence-corrected chi connectivity index (χ4v) is 4.27. The van der Waals surface area contributed by atoms with Gasteiger partial charge in [0.1, 0.15) is 5.75 Å². The Morgan fingerprint density at radius 1 is 1.07 bits per heavy atom. The molecule has 2 rings (SSSR count). The van der Waals surface area contributed by atoms with Gasteiger partial charge in [-0.2, -0.15) is 0 Å². The van der Waals surface area contributed by atoms with E-state index in [2.05, 4.69) is 64.6 Å². The minimum Gasteiger partial charge on any atom is -0.496 e. The highest BCUT2D eigenvalue weighted by molar-refractivity contribution is 6.33. The number of benzene rings is 2. The highest BCUT2D eigenvalue weighted by Gasteiger charge is 2.12. The summed E-state index contributed by atoms with van der Waals surface area (Å²) in [4.78, 5) is 15.2. The van der Waals surface area contributed by atoms with Gasteiger partial charge in [0.25, 0.3) is 0 Å². The molecule has 0 saturated carbocycles. The molecule has 2 aromatic carbocycles. The molecule has 5 nitrogen and oxygen atoms in total. The number of hydrogen-bond donors (Lipinski definition) is 2. The number of ketones is 1. The summed E-state index contributed by atoms with van der Waals surface area (Å²) in [5, 5.41) is 0.745. The number of aryl methyl sites for hydroxylation is 1. The Balaban J connectivity index is 0. The molecule has 1 atom stereocenters. The fraction of sp³-hybridized carbons (Fsp3) is 0.514. The molecule has 0 spiro atoms. The first-order valence-corrected chi connectivity index (χ1v) is 16.0. The van der Waals surface area contributed by atoms with Crippen LogP contribution in [0.2, 0.25) is 5.02 Å². The number of methoxy groups -OCH3 is 1. The lowest BCUT2D eigenvalue weighted by atomic mass is 9.96. The average Bonchev–Trinajstić information content (AvgIpc) is 3.03. The molecule has 2 aromatic rings. The molecule has 0 fully saturated rings. The van der Waals surface area contributed by atoms with Gasteiger partial charge in [-0.05, 0) is 81.4 Å². The summed E-state index contributed by atoms with van der Waals surface area (Å²) in [5.74, 6) is 6.56. The molecular formula is C37H60ClN3O2.